The van der Waals surface area contributed by atoms with Crippen LogP contribution in [0.3, 0.4) is 0 Å². The average molecular weight is 228 g/mol. The van der Waals surface area contributed by atoms with Crippen LogP contribution in [0.4, 0.5) is 0 Å². The molecule has 4 saturated carbocycles. The Labute approximate surface area is 105 Å². The molecule has 0 aromatic heterocycles. The Hall–Kier alpha value is -0.520. The van der Waals surface area contributed by atoms with Crippen molar-refractivity contribution in [3.05, 3.63) is 23.3 Å². The van der Waals surface area contributed by atoms with E-state index >= 15 is 0 Å². The summed E-state index contributed by atoms with van der Waals surface area (Å²) < 4.78 is 0. The predicted molar refractivity (Wildman–Crippen MR) is 71.6 cm³/mol. The van der Waals surface area contributed by atoms with Crippen LogP contribution in [0.5, 0.6) is 0 Å². The van der Waals surface area contributed by atoms with Crippen molar-refractivity contribution in [3.8, 4) is 0 Å². The molecule has 92 valence electrons. The van der Waals surface area contributed by atoms with Gasteiger partial charge in [-0.1, -0.05) is 24.6 Å². The van der Waals surface area contributed by atoms with Crippen LogP contribution in [-0.4, -0.2) is 0 Å². The molecule has 0 nitrogen and oxygen atoms in total. The third kappa shape index (κ3) is 1.30. The number of hydrogen-bond donors (Lipinski definition) is 0. The first kappa shape index (κ1) is 10.4. The third-order valence-electron chi connectivity index (χ3n) is 6.50. The first-order valence-electron chi connectivity index (χ1n) is 7.54. The molecule has 0 aliphatic heterocycles. The smallest absolute Gasteiger partial charge is 0.00215 e. The molecule has 0 amide bonds. The van der Waals surface area contributed by atoms with Crippen molar-refractivity contribution >= 4 is 0 Å². The predicted octanol–water partition coefficient (Wildman–Crippen LogP) is 4.73. The maximum atomic E-state index is 2.60. The molecule has 0 heterocycles. The maximum Gasteiger partial charge on any atom is -0.00215 e. The lowest BCUT2D eigenvalue weighted by Gasteiger charge is -2.60. The molecule has 0 heteroatoms. The topological polar surface area (TPSA) is 0 Å². The van der Waals surface area contributed by atoms with Crippen LogP contribution in [0.2, 0.25) is 0 Å². The second-order valence-corrected chi connectivity index (χ2v) is 7.44. The summed E-state index contributed by atoms with van der Waals surface area (Å²) in [6.45, 7) is 4.89. The van der Waals surface area contributed by atoms with Crippen LogP contribution in [-0.2, 0) is 0 Å². The Bertz CT molecular complexity index is 382. The second kappa shape index (κ2) is 3.28. The van der Waals surface area contributed by atoms with Gasteiger partial charge < -0.3 is 0 Å². The standard InChI is InChI=1S/C17H24/c1-11-3-4-14(5-11)17(2)15-7-12-6-13(9-15)10-16(17)8-12/h4-5,12-13,15-16H,3,6-10H2,1-2H3. The van der Waals surface area contributed by atoms with Crippen molar-refractivity contribution in [1.82, 2.24) is 0 Å². The zero-order chi connectivity index (χ0) is 11.6. The largest absolute Gasteiger partial charge is 0.0767 e. The summed E-state index contributed by atoms with van der Waals surface area (Å²) in [7, 11) is 0. The summed E-state index contributed by atoms with van der Waals surface area (Å²) in [5.74, 6) is 4.20. The van der Waals surface area contributed by atoms with Crippen LogP contribution in [0.15, 0.2) is 23.3 Å². The molecule has 0 atom stereocenters. The van der Waals surface area contributed by atoms with Crippen molar-refractivity contribution in [2.45, 2.75) is 52.4 Å². The molecule has 5 aliphatic carbocycles. The van der Waals surface area contributed by atoms with Crippen LogP contribution < -0.4 is 0 Å². The number of hydrogen-bond acceptors (Lipinski definition) is 0. The lowest BCUT2D eigenvalue weighted by molar-refractivity contribution is -0.0753. The fourth-order valence-corrected chi connectivity index (χ4v) is 5.66. The first-order chi connectivity index (χ1) is 8.16. The monoisotopic (exact) mass is 228 g/mol. The molecule has 5 aliphatic rings. The van der Waals surface area contributed by atoms with Gasteiger partial charge in [-0.3, -0.25) is 0 Å². The van der Waals surface area contributed by atoms with Crippen molar-refractivity contribution in [2.75, 3.05) is 0 Å². The van der Waals surface area contributed by atoms with Gasteiger partial charge in [0.05, 0.1) is 0 Å². The lowest BCUT2D eigenvalue weighted by Crippen LogP contribution is -2.51. The van der Waals surface area contributed by atoms with Gasteiger partial charge in [0.1, 0.15) is 0 Å². The van der Waals surface area contributed by atoms with E-state index in [0.717, 1.165) is 23.7 Å². The Morgan fingerprint density at radius 2 is 1.59 bits per heavy atom. The van der Waals surface area contributed by atoms with E-state index in [9.17, 15) is 0 Å². The highest BCUT2D eigenvalue weighted by molar-refractivity contribution is 5.39. The molecular weight excluding hydrogens is 204 g/mol. The van der Waals surface area contributed by atoms with Crippen molar-refractivity contribution in [2.24, 2.45) is 29.1 Å². The van der Waals surface area contributed by atoms with Gasteiger partial charge in [-0.15, -0.1) is 0 Å². The van der Waals surface area contributed by atoms with Gasteiger partial charge in [0.25, 0.3) is 0 Å². The highest BCUT2D eigenvalue weighted by atomic mass is 14.6. The molecule has 0 radical (unpaired) electrons. The molecule has 17 heavy (non-hydrogen) atoms. The second-order valence-electron chi connectivity index (χ2n) is 7.44. The summed E-state index contributed by atoms with van der Waals surface area (Å²) in [6.07, 6.45) is 14.0. The fraction of sp³-hybridized carbons (Fsp3) is 0.765. The van der Waals surface area contributed by atoms with E-state index < -0.39 is 0 Å². The van der Waals surface area contributed by atoms with E-state index in [2.05, 4.69) is 26.0 Å². The zero-order valence-corrected chi connectivity index (χ0v) is 11.2. The van der Waals surface area contributed by atoms with Gasteiger partial charge in [-0.05, 0) is 80.1 Å². The summed E-state index contributed by atoms with van der Waals surface area (Å²) >= 11 is 0. The van der Waals surface area contributed by atoms with E-state index in [1.165, 1.54) is 32.1 Å². The maximum absolute atomic E-state index is 2.60. The fourth-order valence-electron chi connectivity index (χ4n) is 5.66. The van der Waals surface area contributed by atoms with Crippen molar-refractivity contribution in [3.63, 3.8) is 0 Å². The van der Waals surface area contributed by atoms with Crippen LogP contribution in [0.1, 0.15) is 52.4 Å². The van der Waals surface area contributed by atoms with Gasteiger partial charge in [-0.2, -0.15) is 0 Å². The van der Waals surface area contributed by atoms with Gasteiger partial charge >= 0.3 is 0 Å². The lowest BCUT2D eigenvalue weighted by atomic mass is 9.44. The van der Waals surface area contributed by atoms with E-state index in [0.29, 0.717) is 5.41 Å². The summed E-state index contributed by atoms with van der Waals surface area (Å²) in [5, 5.41) is 0. The van der Waals surface area contributed by atoms with Gasteiger partial charge in [0, 0.05) is 0 Å². The average Bonchev–Trinajstić information content (AvgIpc) is 2.72. The molecule has 0 aromatic carbocycles. The molecule has 0 N–H and O–H groups in total. The molecule has 4 bridgehead atoms. The summed E-state index contributed by atoms with van der Waals surface area (Å²) in [5.41, 5.74) is 3.84. The van der Waals surface area contributed by atoms with E-state index in [-0.39, 0.29) is 0 Å². The minimum Gasteiger partial charge on any atom is -0.0767 e. The minimum atomic E-state index is 0.547. The normalized spacial score (nSPS) is 51.6. The Morgan fingerprint density at radius 3 is 2.06 bits per heavy atom. The van der Waals surface area contributed by atoms with Gasteiger partial charge in [0.2, 0.25) is 0 Å². The molecule has 4 fully saturated rings. The van der Waals surface area contributed by atoms with Crippen LogP contribution in [0.25, 0.3) is 0 Å². The highest BCUT2D eigenvalue weighted by Crippen LogP contribution is 2.65. The molecular formula is C17H24. The minimum absolute atomic E-state index is 0.547. The first-order valence-corrected chi connectivity index (χ1v) is 7.54. The molecule has 0 saturated heterocycles. The SMILES string of the molecule is CC1=CC(C2(C)C3CC4CC(C3)CC2C4)=CC1. The van der Waals surface area contributed by atoms with Crippen LogP contribution >= 0.6 is 0 Å². The van der Waals surface area contributed by atoms with E-state index in [4.69, 9.17) is 0 Å². The highest BCUT2D eigenvalue weighted by Gasteiger charge is 2.55. The zero-order valence-electron chi connectivity index (χ0n) is 11.2. The Balaban J connectivity index is 1.74. The van der Waals surface area contributed by atoms with Gasteiger partial charge in [0.15, 0.2) is 0 Å². The van der Waals surface area contributed by atoms with E-state index in [1.54, 1.807) is 17.6 Å². The van der Waals surface area contributed by atoms with Gasteiger partial charge in [-0.25, -0.2) is 0 Å². The van der Waals surface area contributed by atoms with Crippen molar-refractivity contribution in [1.29, 1.82) is 0 Å². The molecule has 0 aromatic rings. The molecule has 0 spiro atoms. The Morgan fingerprint density at radius 1 is 1.00 bits per heavy atom. The third-order valence-corrected chi connectivity index (χ3v) is 6.50. The summed E-state index contributed by atoms with van der Waals surface area (Å²) in [6, 6.07) is 0. The number of allylic oxidation sites excluding steroid dienone is 4. The molecule has 0 unspecified atom stereocenters. The molecule has 5 rings (SSSR count). The number of rotatable bonds is 1. The van der Waals surface area contributed by atoms with E-state index in [1.807, 2.05) is 0 Å². The Kier molecular flexibility index (Phi) is 2.00. The van der Waals surface area contributed by atoms with Crippen LogP contribution in [0, 0.1) is 29.1 Å². The summed E-state index contributed by atoms with van der Waals surface area (Å²) in [4.78, 5) is 0. The quantitative estimate of drug-likeness (QED) is 0.609. The van der Waals surface area contributed by atoms with Crippen molar-refractivity contribution < 1.29 is 0 Å².